The van der Waals surface area contributed by atoms with Gasteiger partial charge in [-0.3, -0.25) is 0 Å². The van der Waals surface area contributed by atoms with Crippen molar-refractivity contribution in [2.24, 2.45) is 0 Å². The highest BCUT2D eigenvalue weighted by Gasteiger charge is 1.91. The molecular weight excluding hydrogens is 188 g/mol. The first-order chi connectivity index (χ1) is 6.33. The predicted molar refractivity (Wildman–Crippen MR) is 53.2 cm³/mol. The van der Waals surface area contributed by atoms with Crippen LogP contribution in [0, 0.1) is 0 Å². The summed E-state index contributed by atoms with van der Waals surface area (Å²) in [6, 6.07) is 7.19. The summed E-state index contributed by atoms with van der Waals surface area (Å²) in [6.07, 6.45) is 3.38. The van der Waals surface area contributed by atoms with Gasteiger partial charge in [-0.2, -0.15) is 0 Å². The minimum atomic E-state index is 0.0406. The van der Waals surface area contributed by atoms with Crippen molar-refractivity contribution < 1.29 is 9.84 Å². The first kappa shape index (κ1) is 10.1. The smallest absolute Gasteiger partial charge is 0.121 e. The van der Waals surface area contributed by atoms with Crippen LogP contribution in [0.2, 0.25) is 5.02 Å². The number of rotatable bonds is 4. The summed E-state index contributed by atoms with van der Waals surface area (Å²) >= 11 is 5.75. The highest BCUT2D eigenvalue weighted by Crippen LogP contribution is 2.16. The fourth-order valence-electron chi connectivity index (χ4n) is 0.844. The molecule has 3 heteroatoms. The summed E-state index contributed by atoms with van der Waals surface area (Å²) in [5.41, 5.74) is 0. The summed E-state index contributed by atoms with van der Waals surface area (Å²) in [4.78, 5) is 0. The van der Waals surface area contributed by atoms with Crippen LogP contribution in [0.15, 0.2) is 36.4 Å². The Morgan fingerprint density at radius 1 is 1.38 bits per heavy atom. The maximum atomic E-state index is 8.44. The summed E-state index contributed by atoms with van der Waals surface area (Å²) in [5.74, 6) is 0.732. The van der Waals surface area contributed by atoms with Crippen LogP contribution in [-0.4, -0.2) is 18.3 Å². The Morgan fingerprint density at radius 2 is 2.23 bits per heavy atom. The van der Waals surface area contributed by atoms with Crippen molar-refractivity contribution in [1.82, 2.24) is 0 Å². The van der Waals surface area contributed by atoms with Crippen LogP contribution >= 0.6 is 11.6 Å². The summed E-state index contributed by atoms with van der Waals surface area (Å²) in [7, 11) is 0. The summed E-state index contributed by atoms with van der Waals surface area (Å²) in [6.45, 7) is 0.486. The van der Waals surface area contributed by atoms with Crippen LogP contribution in [-0.2, 0) is 0 Å². The molecule has 0 aliphatic heterocycles. The highest BCUT2D eigenvalue weighted by atomic mass is 35.5. The van der Waals surface area contributed by atoms with Crippen LogP contribution in [0.25, 0.3) is 0 Å². The van der Waals surface area contributed by atoms with Gasteiger partial charge in [0.25, 0.3) is 0 Å². The van der Waals surface area contributed by atoms with E-state index in [1.807, 2.05) is 12.1 Å². The van der Waals surface area contributed by atoms with Gasteiger partial charge in [0, 0.05) is 5.02 Å². The third kappa shape index (κ3) is 3.97. The first-order valence-electron chi connectivity index (χ1n) is 3.97. The molecule has 0 aliphatic rings. The third-order valence-electron chi connectivity index (χ3n) is 1.41. The van der Waals surface area contributed by atoms with Crippen LogP contribution < -0.4 is 4.74 Å². The van der Waals surface area contributed by atoms with Gasteiger partial charge >= 0.3 is 0 Å². The molecule has 0 aromatic heterocycles. The second kappa shape index (κ2) is 5.62. The maximum Gasteiger partial charge on any atom is 0.121 e. The number of hydrogen-bond donors (Lipinski definition) is 1. The van der Waals surface area contributed by atoms with Crippen LogP contribution in [0.3, 0.4) is 0 Å². The van der Waals surface area contributed by atoms with E-state index in [1.165, 1.54) is 0 Å². The zero-order chi connectivity index (χ0) is 9.52. The normalized spacial score (nSPS) is 10.6. The van der Waals surface area contributed by atoms with Crippen molar-refractivity contribution in [3.8, 4) is 5.75 Å². The zero-order valence-electron chi connectivity index (χ0n) is 7.11. The molecule has 0 radical (unpaired) electrons. The Morgan fingerprint density at radius 3 is 2.92 bits per heavy atom. The van der Waals surface area contributed by atoms with Gasteiger partial charge in [-0.1, -0.05) is 23.7 Å². The molecule has 1 N–H and O–H groups in total. The molecular formula is C10H11ClO2. The standard InChI is InChI=1S/C10H11ClO2/c11-9-4-3-5-10(8-9)13-7-2-1-6-12/h1-5,8,12H,6-7H2/b2-1+. The number of aliphatic hydroxyl groups excluding tert-OH is 1. The zero-order valence-corrected chi connectivity index (χ0v) is 7.87. The van der Waals surface area contributed by atoms with Crippen LogP contribution in [0.5, 0.6) is 5.75 Å². The number of hydrogen-bond acceptors (Lipinski definition) is 2. The molecule has 1 aromatic rings. The SMILES string of the molecule is OC/C=C/COc1cccc(Cl)c1. The van der Waals surface area contributed by atoms with Gasteiger partial charge in [0.1, 0.15) is 12.4 Å². The molecule has 0 spiro atoms. The molecule has 13 heavy (non-hydrogen) atoms. The van der Waals surface area contributed by atoms with Crippen molar-refractivity contribution in [2.75, 3.05) is 13.2 Å². The van der Waals surface area contributed by atoms with Gasteiger partial charge in [0.05, 0.1) is 6.61 Å². The fraction of sp³-hybridized carbons (Fsp3) is 0.200. The summed E-state index contributed by atoms with van der Waals surface area (Å²) in [5, 5.41) is 9.10. The minimum absolute atomic E-state index is 0.0406. The molecule has 0 saturated heterocycles. The van der Waals surface area contributed by atoms with E-state index in [0.717, 1.165) is 5.75 Å². The quantitative estimate of drug-likeness (QED) is 0.753. The molecule has 0 fully saturated rings. The Kier molecular flexibility index (Phi) is 4.36. The molecule has 2 nitrogen and oxygen atoms in total. The van der Waals surface area contributed by atoms with Gasteiger partial charge in [-0.25, -0.2) is 0 Å². The highest BCUT2D eigenvalue weighted by molar-refractivity contribution is 6.30. The lowest BCUT2D eigenvalue weighted by Gasteiger charge is -2.02. The molecule has 0 atom stereocenters. The lowest BCUT2D eigenvalue weighted by atomic mass is 10.3. The molecule has 1 rings (SSSR count). The molecule has 70 valence electrons. The lowest BCUT2D eigenvalue weighted by molar-refractivity contribution is 0.336. The van der Waals surface area contributed by atoms with E-state index < -0.39 is 0 Å². The fourth-order valence-corrected chi connectivity index (χ4v) is 1.02. The van der Waals surface area contributed by atoms with E-state index in [1.54, 1.807) is 24.3 Å². The Hall–Kier alpha value is -0.990. The van der Waals surface area contributed by atoms with E-state index in [9.17, 15) is 0 Å². The molecule has 0 aliphatic carbocycles. The van der Waals surface area contributed by atoms with Crippen LogP contribution in [0.4, 0.5) is 0 Å². The van der Waals surface area contributed by atoms with Gasteiger partial charge in [0.2, 0.25) is 0 Å². The Balaban J connectivity index is 2.41. The predicted octanol–water partition coefficient (Wildman–Crippen LogP) is 2.27. The number of benzene rings is 1. The average molecular weight is 199 g/mol. The van der Waals surface area contributed by atoms with E-state index in [4.69, 9.17) is 21.4 Å². The number of ether oxygens (including phenoxy) is 1. The number of aliphatic hydroxyl groups is 1. The molecule has 1 aromatic carbocycles. The van der Waals surface area contributed by atoms with Crippen molar-refractivity contribution in [1.29, 1.82) is 0 Å². The van der Waals surface area contributed by atoms with Crippen molar-refractivity contribution in [2.45, 2.75) is 0 Å². The lowest BCUT2D eigenvalue weighted by Crippen LogP contribution is -1.93. The molecule has 0 amide bonds. The maximum absolute atomic E-state index is 8.44. The third-order valence-corrected chi connectivity index (χ3v) is 1.65. The monoisotopic (exact) mass is 198 g/mol. The van der Waals surface area contributed by atoms with E-state index >= 15 is 0 Å². The molecule has 0 unspecified atom stereocenters. The largest absolute Gasteiger partial charge is 0.489 e. The van der Waals surface area contributed by atoms with Crippen molar-refractivity contribution >= 4 is 11.6 Å². The Bertz CT molecular complexity index is 284. The molecule has 0 heterocycles. The molecule has 0 bridgehead atoms. The van der Waals surface area contributed by atoms with Crippen molar-refractivity contribution in [3.05, 3.63) is 41.4 Å². The summed E-state index contributed by atoms with van der Waals surface area (Å²) < 4.78 is 5.31. The second-order valence-electron chi connectivity index (χ2n) is 2.42. The average Bonchev–Trinajstić information content (AvgIpc) is 2.13. The Labute approximate surface area is 82.4 Å². The van der Waals surface area contributed by atoms with E-state index in [0.29, 0.717) is 11.6 Å². The van der Waals surface area contributed by atoms with Crippen molar-refractivity contribution in [3.63, 3.8) is 0 Å². The first-order valence-corrected chi connectivity index (χ1v) is 4.35. The molecule has 0 saturated carbocycles. The minimum Gasteiger partial charge on any atom is -0.489 e. The van der Waals surface area contributed by atoms with E-state index in [-0.39, 0.29) is 6.61 Å². The van der Waals surface area contributed by atoms with Gasteiger partial charge in [0.15, 0.2) is 0 Å². The van der Waals surface area contributed by atoms with Crippen LogP contribution in [0.1, 0.15) is 0 Å². The number of halogens is 1. The topological polar surface area (TPSA) is 29.5 Å². The van der Waals surface area contributed by atoms with Gasteiger partial charge < -0.3 is 9.84 Å². The van der Waals surface area contributed by atoms with Gasteiger partial charge in [-0.05, 0) is 24.3 Å². The van der Waals surface area contributed by atoms with E-state index in [2.05, 4.69) is 0 Å². The van der Waals surface area contributed by atoms with Gasteiger partial charge in [-0.15, -0.1) is 0 Å². The second-order valence-corrected chi connectivity index (χ2v) is 2.86.